The lowest BCUT2D eigenvalue weighted by atomic mass is 10.1. The van der Waals surface area contributed by atoms with Gasteiger partial charge in [0.2, 0.25) is 5.91 Å². The van der Waals surface area contributed by atoms with Gasteiger partial charge in [0.25, 0.3) is 10.0 Å². The third kappa shape index (κ3) is 3.41. The van der Waals surface area contributed by atoms with E-state index in [0.717, 1.165) is 5.56 Å². The number of pyridine rings is 1. The smallest absolute Gasteiger partial charge is 0.267 e. The minimum absolute atomic E-state index is 0.0266. The lowest BCUT2D eigenvalue weighted by Gasteiger charge is -2.11. The van der Waals surface area contributed by atoms with E-state index in [4.69, 9.17) is 4.74 Å². The van der Waals surface area contributed by atoms with E-state index < -0.39 is 15.9 Å². The number of aromatic nitrogens is 1. The normalized spacial score (nSPS) is 19.5. The number of carbonyl (C=O) groups excluding carboxylic acids is 1. The van der Waals surface area contributed by atoms with Crippen molar-refractivity contribution >= 4 is 15.9 Å². The predicted molar refractivity (Wildman–Crippen MR) is 88.0 cm³/mol. The fraction of sp³-hybridized carbons (Fsp3) is 0.294. The highest BCUT2D eigenvalue weighted by atomic mass is 32.2. The molecule has 0 spiro atoms. The number of benzene rings is 1. The van der Waals surface area contributed by atoms with E-state index in [1.807, 2.05) is 12.1 Å². The zero-order valence-corrected chi connectivity index (χ0v) is 14.0. The number of hydrogen-bond donors (Lipinski definition) is 1. The molecule has 3 rings (SSSR count). The summed E-state index contributed by atoms with van der Waals surface area (Å²) >= 11 is 0. The number of amides is 1. The van der Waals surface area contributed by atoms with E-state index in [2.05, 4.69) is 9.71 Å². The second kappa shape index (κ2) is 6.60. The molecular weight excluding hydrogens is 328 g/mol. The van der Waals surface area contributed by atoms with Crippen LogP contribution >= 0.6 is 0 Å². The minimum Gasteiger partial charge on any atom is -0.492 e. The Bertz CT molecular complexity index is 837. The molecule has 0 unspecified atom stereocenters. The first-order chi connectivity index (χ1) is 11.5. The molecule has 1 N–H and O–H groups in total. The van der Waals surface area contributed by atoms with Crippen LogP contribution in [0.1, 0.15) is 24.8 Å². The van der Waals surface area contributed by atoms with Gasteiger partial charge >= 0.3 is 0 Å². The number of nitrogens with one attached hydrogen (secondary N) is 1. The first kappa shape index (κ1) is 16.4. The van der Waals surface area contributed by atoms with Gasteiger partial charge in [0, 0.05) is 18.3 Å². The Balaban J connectivity index is 1.73. The van der Waals surface area contributed by atoms with Crippen molar-refractivity contribution in [1.29, 1.82) is 0 Å². The van der Waals surface area contributed by atoms with Gasteiger partial charge in [0.15, 0.2) is 0 Å². The van der Waals surface area contributed by atoms with Gasteiger partial charge in [0.05, 0.1) is 6.61 Å². The summed E-state index contributed by atoms with van der Waals surface area (Å²) in [6, 6.07) is 9.96. The van der Waals surface area contributed by atoms with E-state index in [1.165, 1.54) is 6.07 Å². The molecule has 2 atom stereocenters. The Morgan fingerprint density at radius 3 is 2.67 bits per heavy atom. The van der Waals surface area contributed by atoms with E-state index in [9.17, 15) is 13.2 Å². The van der Waals surface area contributed by atoms with Crippen molar-refractivity contribution in [1.82, 2.24) is 9.71 Å². The van der Waals surface area contributed by atoms with Gasteiger partial charge < -0.3 is 4.74 Å². The van der Waals surface area contributed by atoms with E-state index in [-0.39, 0.29) is 22.5 Å². The summed E-state index contributed by atoms with van der Waals surface area (Å²) in [6.45, 7) is 2.11. The summed E-state index contributed by atoms with van der Waals surface area (Å²) in [5.41, 5.74) is 0.997. The fourth-order valence-electron chi connectivity index (χ4n) is 2.67. The van der Waals surface area contributed by atoms with Crippen molar-refractivity contribution in [2.24, 2.45) is 5.92 Å². The van der Waals surface area contributed by atoms with Crippen LogP contribution in [0.4, 0.5) is 0 Å². The number of hydrogen-bond acceptors (Lipinski definition) is 5. The fourth-order valence-corrected chi connectivity index (χ4v) is 3.85. The standard InChI is InChI=1S/C17H18N2O4S/c1-2-23-15-5-3-4-6-16(15)24(21,22)19-17(20)14-11-13(14)12-7-9-18-10-8-12/h3-10,13-14H,2,11H2,1H3,(H,19,20)/t13-,14+/m0/s1. The summed E-state index contributed by atoms with van der Waals surface area (Å²) in [6.07, 6.45) is 3.97. The highest BCUT2D eigenvalue weighted by molar-refractivity contribution is 7.90. The maximum Gasteiger partial charge on any atom is 0.267 e. The van der Waals surface area contributed by atoms with Gasteiger partial charge in [-0.05, 0) is 49.1 Å². The third-order valence-electron chi connectivity index (χ3n) is 3.93. The van der Waals surface area contributed by atoms with Crippen LogP contribution in [-0.4, -0.2) is 25.9 Å². The molecule has 0 saturated heterocycles. The van der Waals surface area contributed by atoms with Crippen LogP contribution in [0.2, 0.25) is 0 Å². The Labute approximate surface area is 140 Å². The molecule has 2 aromatic rings. The van der Waals surface area contributed by atoms with Gasteiger partial charge in [-0.25, -0.2) is 13.1 Å². The van der Waals surface area contributed by atoms with Gasteiger partial charge in [0.1, 0.15) is 10.6 Å². The maximum absolute atomic E-state index is 12.5. The van der Waals surface area contributed by atoms with Crippen molar-refractivity contribution in [2.45, 2.75) is 24.2 Å². The first-order valence-corrected chi connectivity index (χ1v) is 9.19. The summed E-state index contributed by atoms with van der Waals surface area (Å²) < 4.78 is 32.5. The molecule has 126 valence electrons. The van der Waals surface area contributed by atoms with Crippen LogP contribution in [0.15, 0.2) is 53.7 Å². The summed E-state index contributed by atoms with van der Waals surface area (Å²) in [7, 11) is -3.96. The zero-order valence-electron chi connectivity index (χ0n) is 13.2. The predicted octanol–water partition coefficient (Wildman–Crippen LogP) is 2.09. The Kier molecular flexibility index (Phi) is 4.53. The SMILES string of the molecule is CCOc1ccccc1S(=O)(=O)NC(=O)[C@@H]1C[C@H]1c1ccncc1. The Hall–Kier alpha value is -2.41. The van der Waals surface area contributed by atoms with Crippen LogP contribution < -0.4 is 9.46 Å². The first-order valence-electron chi connectivity index (χ1n) is 7.71. The summed E-state index contributed by atoms with van der Waals surface area (Å²) in [5, 5.41) is 0. The highest BCUT2D eigenvalue weighted by Crippen LogP contribution is 2.47. The second-order valence-corrected chi connectivity index (χ2v) is 7.23. The summed E-state index contributed by atoms with van der Waals surface area (Å²) in [5.74, 6) is -0.531. The van der Waals surface area contributed by atoms with Crippen molar-refractivity contribution in [3.63, 3.8) is 0 Å². The molecule has 1 heterocycles. The quantitative estimate of drug-likeness (QED) is 0.866. The molecule has 0 radical (unpaired) electrons. The van der Waals surface area contributed by atoms with Crippen molar-refractivity contribution < 1.29 is 17.9 Å². The van der Waals surface area contributed by atoms with E-state index in [1.54, 1.807) is 37.5 Å². The zero-order chi connectivity index (χ0) is 17.2. The van der Waals surface area contributed by atoms with E-state index >= 15 is 0 Å². The summed E-state index contributed by atoms with van der Waals surface area (Å²) in [4.78, 5) is 16.2. The van der Waals surface area contributed by atoms with Gasteiger partial charge in [-0.1, -0.05) is 12.1 Å². The average Bonchev–Trinajstić information content (AvgIpc) is 3.37. The molecule has 1 fully saturated rings. The minimum atomic E-state index is -3.96. The molecule has 1 amide bonds. The number of ether oxygens (including phenoxy) is 1. The van der Waals surface area contributed by atoms with Gasteiger partial charge in [-0.3, -0.25) is 9.78 Å². The van der Waals surface area contributed by atoms with Crippen LogP contribution in [0.5, 0.6) is 5.75 Å². The molecule has 1 aliphatic rings. The Morgan fingerprint density at radius 2 is 1.96 bits per heavy atom. The molecule has 6 nitrogen and oxygen atoms in total. The molecule has 0 bridgehead atoms. The van der Waals surface area contributed by atoms with Crippen molar-refractivity contribution in [3.05, 3.63) is 54.4 Å². The van der Waals surface area contributed by atoms with Crippen LogP contribution in [-0.2, 0) is 14.8 Å². The van der Waals surface area contributed by atoms with Crippen LogP contribution in [0.3, 0.4) is 0 Å². The number of para-hydroxylation sites is 1. The highest BCUT2D eigenvalue weighted by Gasteiger charge is 2.45. The number of sulfonamides is 1. The molecule has 7 heteroatoms. The number of carbonyl (C=O) groups is 1. The van der Waals surface area contributed by atoms with Crippen LogP contribution in [0.25, 0.3) is 0 Å². The van der Waals surface area contributed by atoms with Crippen molar-refractivity contribution in [2.75, 3.05) is 6.61 Å². The average molecular weight is 346 g/mol. The Morgan fingerprint density at radius 1 is 1.25 bits per heavy atom. The number of rotatable bonds is 6. The molecule has 1 aliphatic carbocycles. The monoisotopic (exact) mass is 346 g/mol. The topological polar surface area (TPSA) is 85.4 Å². The van der Waals surface area contributed by atoms with Gasteiger partial charge in [-0.2, -0.15) is 0 Å². The lowest BCUT2D eigenvalue weighted by Crippen LogP contribution is -2.32. The maximum atomic E-state index is 12.5. The van der Waals surface area contributed by atoms with Gasteiger partial charge in [-0.15, -0.1) is 0 Å². The van der Waals surface area contributed by atoms with Crippen LogP contribution in [0, 0.1) is 5.92 Å². The van der Waals surface area contributed by atoms with E-state index in [0.29, 0.717) is 13.0 Å². The molecule has 1 aromatic carbocycles. The lowest BCUT2D eigenvalue weighted by molar-refractivity contribution is -0.120. The number of nitrogens with zero attached hydrogens (tertiary/aromatic N) is 1. The third-order valence-corrected chi connectivity index (χ3v) is 5.32. The largest absolute Gasteiger partial charge is 0.492 e. The molecule has 0 aliphatic heterocycles. The molecule has 1 aromatic heterocycles. The van der Waals surface area contributed by atoms with Crippen molar-refractivity contribution in [3.8, 4) is 5.75 Å². The second-order valence-electron chi connectivity index (χ2n) is 5.58. The molecular formula is C17H18N2O4S. The molecule has 1 saturated carbocycles. The molecule has 24 heavy (non-hydrogen) atoms.